The van der Waals surface area contributed by atoms with E-state index in [-0.39, 0.29) is 12.0 Å². The monoisotopic (exact) mass is 388 g/mol. The number of hydrogen-bond acceptors (Lipinski definition) is 5. The number of carbonyl (C=O) groups excluding carboxylic acids is 1. The molecule has 0 radical (unpaired) electrons. The lowest BCUT2D eigenvalue weighted by molar-refractivity contribution is 0.0198. The number of ether oxygens (including phenoxy) is 1. The zero-order chi connectivity index (χ0) is 20.7. The van der Waals surface area contributed by atoms with E-state index in [1.54, 1.807) is 18.7 Å². The second-order valence-corrected chi connectivity index (χ2v) is 9.38. The number of aromatic nitrogens is 2. The van der Waals surface area contributed by atoms with Crippen LogP contribution in [0.1, 0.15) is 58.9 Å². The molecule has 28 heavy (non-hydrogen) atoms. The molecular formula is C21H32N4O3. The molecule has 0 saturated carbocycles. The molecule has 1 aromatic carbocycles. The zero-order valence-corrected chi connectivity index (χ0v) is 17.5. The molecule has 1 aromatic heterocycles. The number of rotatable bonds is 3. The number of likely N-dealkylation sites (tertiary alicyclic amines) is 1. The first-order chi connectivity index (χ1) is 12.9. The maximum absolute atomic E-state index is 12.4. The third-order valence-electron chi connectivity index (χ3n) is 4.89. The molecule has 2 heterocycles. The predicted octanol–water partition coefficient (Wildman–Crippen LogP) is 3.50. The van der Waals surface area contributed by atoms with Gasteiger partial charge in [0.15, 0.2) is 0 Å². The van der Waals surface area contributed by atoms with Crippen molar-refractivity contribution in [3.8, 4) is 0 Å². The second-order valence-electron chi connectivity index (χ2n) is 9.38. The minimum atomic E-state index is -0.877. The van der Waals surface area contributed by atoms with Gasteiger partial charge in [-0.15, -0.1) is 0 Å². The van der Waals surface area contributed by atoms with Crippen LogP contribution in [-0.4, -0.2) is 49.9 Å². The minimum absolute atomic E-state index is 0.242. The van der Waals surface area contributed by atoms with Gasteiger partial charge in [0.2, 0.25) is 5.95 Å². The number of amides is 1. The van der Waals surface area contributed by atoms with E-state index in [1.807, 2.05) is 31.4 Å². The Labute approximate surface area is 166 Å². The topological polar surface area (TPSA) is 93.6 Å². The van der Waals surface area contributed by atoms with Crippen molar-refractivity contribution >= 4 is 23.1 Å². The molecule has 1 fully saturated rings. The van der Waals surface area contributed by atoms with Crippen molar-refractivity contribution in [1.82, 2.24) is 14.5 Å². The highest BCUT2D eigenvalue weighted by molar-refractivity contribution is 5.79. The number of nitrogens with two attached hydrogens (primary N) is 1. The molecule has 7 heteroatoms. The SMILES string of the molecule is CC(C)(O)Cn1c(N)nc2cc(C3CCCN(C(=O)OC(C)(C)C)C3)ccc21. The maximum Gasteiger partial charge on any atom is 0.410 e. The third kappa shape index (κ3) is 4.76. The van der Waals surface area contributed by atoms with E-state index in [1.165, 1.54) is 0 Å². The Hall–Kier alpha value is -2.28. The average molecular weight is 389 g/mol. The molecule has 1 amide bonds. The molecule has 3 N–H and O–H groups in total. The highest BCUT2D eigenvalue weighted by Gasteiger charge is 2.29. The van der Waals surface area contributed by atoms with Gasteiger partial charge in [-0.3, -0.25) is 0 Å². The van der Waals surface area contributed by atoms with E-state index in [2.05, 4.69) is 17.1 Å². The van der Waals surface area contributed by atoms with Crippen molar-refractivity contribution in [2.24, 2.45) is 0 Å². The molecule has 0 bridgehead atoms. The number of aliphatic hydroxyl groups is 1. The Kier molecular flexibility index (Phi) is 5.32. The van der Waals surface area contributed by atoms with E-state index in [0.717, 1.165) is 36.0 Å². The van der Waals surface area contributed by atoms with Crippen LogP contribution in [0.25, 0.3) is 11.0 Å². The van der Waals surface area contributed by atoms with Crippen LogP contribution in [0, 0.1) is 0 Å². The predicted molar refractivity (Wildman–Crippen MR) is 110 cm³/mol. The molecule has 154 valence electrons. The van der Waals surface area contributed by atoms with Crippen LogP contribution in [-0.2, 0) is 11.3 Å². The molecular weight excluding hydrogens is 356 g/mol. The van der Waals surface area contributed by atoms with Gasteiger partial charge in [-0.1, -0.05) is 6.07 Å². The highest BCUT2D eigenvalue weighted by atomic mass is 16.6. The Balaban J connectivity index is 1.81. The van der Waals surface area contributed by atoms with E-state index in [0.29, 0.717) is 19.0 Å². The van der Waals surface area contributed by atoms with Crippen LogP contribution in [0.5, 0.6) is 0 Å². The lowest BCUT2D eigenvalue weighted by atomic mass is 9.90. The summed E-state index contributed by atoms with van der Waals surface area (Å²) in [4.78, 5) is 18.7. The van der Waals surface area contributed by atoms with Crippen LogP contribution in [0.15, 0.2) is 18.2 Å². The molecule has 7 nitrogen and oxygen atoms in total. The lowest BCUT2D eigenvalue weighted by Gasteiger charge is -2.34. The third-order valence-corrected chi connectivity index (χ3v) is 4.89. The lowest BCUT2D eigenvalue weighted by Crippen LogP contribution is -2.42. The molecule has 1 aliphatic rings. The number of carbonyl (C=O) groups is 1. The molecule has 1 unspecified atom stereocenters. The fourth-order valence-corrected chi connectivity index (χ4v) is 3.71. The fourth-order valence-electron chi connectivity index (χ4n) is 3.71. The van der Waals surface area contributed by atoms with Crippen molar-refractivity contribution in [1.29, 1.82) is 0 Å². The number of imidazole rings is 1. The van der Waals surface area contributed by atoms with Crippen LogP contribution in [0.4, 0.5) is 10.7 Å². The molecule has 0 spiro atoms. The first-order valence-electron chi connectivity index (χ1n) is 9.89. The van der Waals surface area contributed by atoms with Gasteiger partial charge < -0.3 is 25.0 Å². The summed E-state index contributed by atoms with van der Waals surface area (Å²) in [7, 11) is 0. The number of benzene rings is 1. The summed E-state index contributed by atoms with van der Waals surface area (Å²) >= 11 is 0. The first-order valence-corrected chi connectivity index (χ1v) is 9.89. The molecule has 0 aliphatic carbocycles. The van der Waals surface area contributed by atoms with Crippen molar-refractivity contribution in [3.05, 3.63) is 23.8 Å². The smallest absolute Gasteiger partial charge is 0.410 e. The van der Waals surface area contributed by atoms with Gasteiger partial charge in [-0.25, -0.2) is 9.78 Å². The van der Waals surface area contributed by atoms with Crippen LogP contribution in [0.3, 0.4) is 0 Å². The van der Waals surface area contributed by atoms with Crippen LogP contribution < -0.4 is 5.73 Å². The van der Waals surface area contributed by atoms with E-state index < -0.39 is 11.2 Å². The highest BCUT2D eigenvalue weighted by Crippen LogP contribution is 2.31. The fraction of sp³-hybridized carbons (Fsp3) is 0.619. The summed E-state index contributed by atoms with van der Waals surface area (Å²) in [5.41, 5.74) is 7.58. The molecule has 2 aromatic rings. The van der Waals surface area contributed by atoms with Gasteiger partial charge in [-0.05, 0) is 65.2 Å². The van der Waals surface area contributed by atoms with Crippen molar-refractivity contribution < 1.29 is 14.6 Å². The van der Waals surface area contributed by atoms with E-state index >= 15 is 0 Å². The number of nitrogen functional groups attached to an aromatic ring is 1. The number of fused-ring (bicyclic) bond motifs is 1. The van der Waals surface area contributed by atoms with Gasteiger partial charge in [0.05, 0.1) is 23.2 Å². The zero-order valence-electron chi connectivity index (χ0n) is 17.5. The normalized spacial score (nSPS) is 18.5. The quantitative estimate of drug-likeness (QED) is 0.839. The summed E-state index contributed by atoms with van der Waals surface area (Å²) < 4.78 is 7.37. The summed E-state index contributed by atoms with van der Waals surface area (Å²) in [5.74, 6) is 0.639. The Morgan fingerprint density at radius 2 is 2.04 bits per heavy atom. The van der Waals surface area contributed by atoms with Gasteiger partial charge in [0.25, 0.3) is 0 Å². The molecule has 1 aliphatic heterocycles. The molecule has 1 atom stereocenters. The van der Waals surface area contributed by atoms with Crippen molar-refractivity contribution in [2.75, 3.05) is 18.8 Å². The van der Waals surface area contributed by atoms with Crippen molar-refractivity contribution in [3.63, 3.8) is 0 Å². The second kappa shape index (κ2) is 7.28. The minimum Gasteiger partial charge on any atom is -0.444 e. The summed E-state index contributed by atoms with van der Waals surface area (Å²) in [6, 6.07) is 6.13. The first kappa shape index (κ1) is 20.5. The number of hydrogen-bond donors (Lipinski definition) is 2. The van der Waals surface area contributed by atoms with Crippen LogP contribution in [0.2, 0.25) is 0 Å². The largest absolute Gasteiger partial charge is 0.444 e. The van der Waals surface area contributed by atoms with Crippen LogP contribution >= 0.6 is 0 Å². The Bertz CT molecular complexity index is 861. The Morgan fingerprint density at radius 3 is 2.68 bits per heavy atom. The average Bonchev–Trinajstić information content (AvgIpc) is 2.87. The van der Waals surface area contributed by atoms with Gasteiger partial charge in [0, 0.05) is 19.0 Å². The standard InChI is InChI=1S/C21H32N4O3/c1-20(2,3)28-19(26)24-10-6-7-15(12-24)14-8-9-17-16(11-14)23-18(22)25(17)13-21(4,5)27/h8-9,11,15,27H,6-7,10,12-13H2,1-5H3,(H2,22,23). The molecule has 1 saturated heterocycles. The number of anilines is 1. The number of nitrogens with zero attached hydrogens (tertiary/aromatic N) is 3. The maximum atomic E-state index is 12.4. The summed E-state index contributed by atoms with van der Waals surface area (Å²) in [6.45, 7) is 10.9. The van der Waals surface area contributed by atoms with Gasteiger partial charge in [-0.2, -0.15) is 0 Å². The summed E-state index contributed by atoms with van der Waals surface area (Å²) in [5, 5.41) is 10.1. The van der Waals surface area contributed by atoms with Gasteiger partial charge in [0.1, 0.15) is 5.60 Å². The summed E-state index contributed by atoms with van der Waals surface area (Å²) in [6.07, 6.45) is 1.71. The van der Waals surface area contributed by atoms with Crippen molar-refractivity contribution in [2.45, 2.75) is 71.1 Å². The Morgan fingerprint density at radius 1 is 1.32 bits per heavy atom. The molecule has 3 rings (SSSR count). The van der Waals surface area contributed by atoms with E-state index in [4.69, 9.17) is 10.5 Å². The number of piperidine rings is 1. The van der Waals surface area contributed by atoms with Gasteiger partial charge >= 0.3 is 6.09 Å². The van der Waals surface area contributed by atoms with E-state index in [9.17, 15) is 9.90 Å².